The Morgan fingerprint density at radius 3 is 2.61 bits per heavy atom. The quantitative estimate of drug-likeness (QED) is 0.696. The number of hydrogen-bond acceptors (Lipinski definition) is 6. The summed E-state index contributed by atoms with van der Waals surface area (Å²) in [5.74, 6) is -1.30. The van der Waals surface area contributed by atoms with Crippen LogP contribution in [0.2, 0.25) is 0 Å². The van der Waals surface area contributed by atoms with Crippen LogP contribution in [0.15, 0.2) is 12.3 Å². The van der Waals surface area contributed by atoms with E-state index in [0.29, 0.717) is 30.2 Å². The van der Waals surface area contributed by atoms with E-state index in [1.54, 1.807) is 40.0 Å². The third kappa shape index (κ3) is 6.05. The molecule has 1 aliphatic rings. The number of alkyl carbamates (subject to hydrolysis) is 1. The number of carbonyl (C=O) groups excluding carboxylic acids is 2. The Morgan fingerprint density at radius 1 is 1.30 bits per heavy atom. The Morgan fingerprint density at radius 2 is 2.00 bits per heavy atom. The molecule has 2 N–H and O–H groups in total. The van der Waals surface area contributed by atoms with Gasteiger partial charge in [0.2, 0.25) is 0 Å². The van der Waals surface area contributed by atoms with Crippen molar-refractivity contribution in [2.75, 3.05) is 18.0 Å². The van der Waals surface area contributed by atoms with Gasteiger partial charge in [0.05, 0.1) is 17.8 Å². The van der Waals surface area contributed by atoms with Crippen molar-refractivity contribution < 1.29 is 27.5 Å². The van der Waals surface area contributed by atoms with Gasteiger partial charge in [0.1, 0.15) is 11.4 Å². The number of fused-ring (bicyclic) bond motifs is 1. The van der Waals surface area contributed by atoms with E-state index in [0.717, 1.165) is 12.0 Å². The molecule has 3 heterocycles. The standard InChI is InChI=1S/C21H29F3N6O3/c1-6-14(26-18(31)21(22,23)24)15-9-16-27-17(12(2)10-30(16)28-15)29-8-7-13(11-29)25-19(32)33-20(3,4)5/h9-10,13-14H,6-8,11H2,1-5H3,(H,25,32)(H,26,31)/t13-,14-/m0/s1. The molecule has 2 aromatic heterocycles. The number of anilines is 1. The van der Waals surface area contributed by atoms with Crippen LogP contribution in [0.1, 0.15) is 57.8 Å². The van der Waals surface area contributed by atoms with Crippen molar-refractivity contribution in [3.8, 4) is 0 Å². The van der Waals surface area contributed by atoms with Gasteiger partial charge in [-0.15, -0.1) is 0 Å². The lowest BCUT2D eigenvalue weighted by Crippen LogP contribution is -2.40. The number of rotatable bonds is 5. The smallest absolute Gasteiger partial charge is 0.444 e. The zero-order chi connectivity index (χ0) is 24.6. The lowest BCUT2D eigenvalue weighted by Gasteiger charge is -2.22. The first-order valence-electron chi connectivity index (χ1n) is 10.8. The maximum absolute atomic E-state index is 12.6. The van der Waals surface area contributed by atoms with E-state index in [1.807, 2.05) is 17.1 Å². The van der Waals surface area contributed by atoms with Crippen LogP contribution in [-0.4, -0.2) is 57.5 Å². The first-order valence-corrected chi connectivity index (χ1v) is 10.8. The number of carbonyl (C=O) groups is 2. The molecule has 2 amide bonds. The first kappa shape index (κ1) is 24.6. The van der Waals surface area contributed by atoms with Gasteiger partial charge in [-0.3, -0.25) is 4.79 Å². The molecule has 1 saturated heterocycles. The van der Waals surface area contributed by atoms with Gasteiger partial charge >= 0.3 is 18.2 Å². The van der Waals surface area contributed by atoms with Crippen LogP contribution in [-0.2, 0) is 9.53 Å². The predicted molar refractivity (Wildman–Crippen MR) is 115 cm³/mol. The fourth-order valence-electron chi connectivity index (χ4n) is 3.68. The average Bonchev–Trinajstić information content (AvgIpc) is 3.29. The van der Waals surface area contributed by atoms with Crippen LogP contribution in [0.4, 0.5) is 23.8 Å². The average molecular weight is 470 g/mol. The van der Waals surface area contributed by atoms with Crippen molar-refractivity contribution >= 4 is 23.5 Å². The highest BCUT2D eigenvalue weighted by Crippen LogP contribution is 2.26. The third-order valence-corrected chi connectivity index (χ3v) is 5.16. The van der Waals surface area contributed by atoms with Crippen molar-refractivity contribution in [3.05, 3.63) is 23.5 Å². The number of hydrogen-bond donors (Lipinski definition) is 2. The van der Waals surface area contributed by atoms with E-state index >= 15 is 0 Å². The van der Waals surface area contributed by atoms with Gasteiger partial charge in [-0.2, -0.15) is 18.3 Å². The zero-order valence-corrected chi connectivity index (χ0v) is 19.3. The van der Waals surface area contributed by atoms with Crippen LogP contribution in [0.5, 0.6) is 0 Å². The fourth-order valence-corrected chi connectivity index (χ4v) is 3.68. The Hall–Kier alpha value is -3.05. The van der Waals surface area contributed by atoms with Crippen LogP contribution < -0.4 is 15.5 Å². The lowest BCUT2D eigenvalue weighted by molar-refractivity contribution is -0.174. The number of nitrogens with one attached hydrogen (secondary N) is 2. The van der Waals surface area contributed by atoms with Crippen molar-refractivity contribution in [2.24, 2.45) is 0 Å². The number of halogens is 3. The molecular formula is C21H29F3N6O3. The van der Waals surface area contributed by atoms with Crippen molar-refractivity contribution in [3.63, 3.8) is 0 Å². The minimum Gasteiger partial charge on any atom is -0.444 e. The SMILES string of the molecule is CC[C@H](NC(=O)C(F)(F)F)c1cc2nc(N3CC[C@H](NC(=O)OC(C)(C)C)C3)c(C)cn2n1. The normalized spacial score (nSPS) is 17.8. The summed E-state index contributed by atoms with van der Waals surface area (Å²) in [7, 11) is 0. The molecule has 0 unspecified atom stereocenters. The molecule has 0 aromatic carbocycles. The second-order valence-corrected chi connectivity index (χ2v) is 9.13. The molecule has 1 aliphatic heterocycles. The Balaban J connectivity index is 1.74. The monoisotopic (exact) mass is 470 g/mol. The van der Waals surface area contributed by atoms with Crippen LogP contribution in [0, 0.1) is 6.92 Å². The van der Waals surface area contributed by atoms with Crippen LogP contribution in [0.25, 0.3) is 5.65 Å². The summed E-state index contributed by atoms with van der Waals surface area (Å²) >= 11 is 0. The molecule has 0 bridgehead atoms. The molecule has 9 nitrogen and oxygen atoms in total. The van der Waals surface area contributed by atoms with Gasteiger partial charge in [0, 0.05) is 30.9 Å². The second kappa shape index (κ2) is 9.06. The second-order valence-electron chi connectivity index (χ2n) is 9.13. The zero-order valence-electron chi connectivity index (χ0n) is 19.3. The Kier molecular flexibility index (Phi) is 6.75. The van der Waals surface area contributed by atoms with E-state index in [2.05, 4.69) is 15.4 Å². The van der Waals surface area contributed by atoms with E-state index in [-0.39, 0.29) is 12.5 Å². The van der Waals surface area contributed by atoms with Gasteiger partial charge in [-0.05, 0) is 40.5 Å². The highest BCUT2D eigenvalue weighted by atomic mass is 19.4. The van der Waals surface area contributed by atoms with Crippen molar-refractivity contribution in [1.29, 1.82) is 0 Å². The van der Waals surface area contributed by atoms with Gasteiger partial charge in [-0.1, -0.05) is 6.92 Å². The maximum Gasteiger partial charge on any atom is 0.471 e. The van der Waals surface area contributed by atoms with Gasteiger partial charge in [-0.25, -0.2) is 14.3 Å². The van der Waals surface area contributed by atoms with Crippen molar-refractivity contribution in [2.45, 2.75) is 71.3 Å². The summed E-state index contributed by atoms with van der Waals surface area (Å²) in [6, 6.07) is 0.582. The predicted octanol–water partition coefficient (Wildman–Crippen LogP) is 3.27. The van der Waals surface area contributed by atoms with Crippen LogP contribution >= 0.6 is 0 Å². The molecule has 2 aromatic rings. The summed E-state index contributed by atoms with van der Waals surface area (Å²) in [5, 5.41) is 9.16. The van der Waals surface area contributed by atoms with Crippen molar-refractivity contribution in [1.82, 2.24) is 25.2 Å². The molecule has 0 spiro atoms. The summed E-state index contributed by atoms with van der Waals surface area (Å²) < 4.78 is 44.7. The summed E-state index contributed by atoms with van der Waals surface area (Å²) in [6.07, 6.45) is -2.73. The fraction of sp³-hybridized carbons (Fsp3) is 0.619. The Bertz CT molecular complexity index is 1030. The van der Waals surface area contributed by atoms with Gasteiger partial charge in [0.25, 0.3) is 0 Å². The number of nitrogens with zero attached hydrogens (tertiary/aromatic N) is 4. The van der Waals surface area contributed by atoms with E-state index < -0.39 is 29.8 Å². The molecule has 0 saturated carbocycles. The van der Waals surface area contributed by atoms with E-state index in [4.69, 9.17) is 4.74 Å². The van der Waals surface area contributed by atoms with Gasteiger partial charge < -0.3 is 20.3 Å². The number of alkyl halides is 3. The molecule has 12 heteroatoms. The highest BCUT2D eigenvalue weighted by molar-refractivity contribution is 5.82. The maximum atomic E-state index is 12.6. The topological polar surface area (TPSA) is 101 Å². The molecule has 2 atom stereocenters. The molecule has 182 valence electrons. The largest absolute Gasteiger partial charge is 0.471 e. The van der Waals surface area contributed by atoms with Gasteiger partial charge in [0.15, 0.2) is 5.65 Å². The highest BCUT2D eigenvalue weighted by Gasteiger charge is 2.40. The Labute approximate surface area is 189 Å². The third-order valence-electron chi connectivity index (χ3n) is 5.16. The minimum atomic E-state index is -4.96. The number of aromatic nitrogens is 3. The molecule has 0 aliphatic carbocycles. The van der Waals surface area contributed by atoms with E-state index in [9.17, 15) is 22.8 Å². The molecule has 1 fully saturated rings. The number of aryl methyl sites for hydroxylation is 1. The minimum absolute atomic E-state index is 0.0974. The molecule has 33 heavy (non-hydrogen) atoms. The van der Waals surface area contributed by atoms with Crippen LogP contribution in [0.3, 0.4) is 0 Å². The lowest BCUT2D eigenvalue weighted by atomic mass is 10.1. The summed E-state index contributed by atoms with van der Waals surface area (Å²) in [5.41, 5.74) is 0.989. The number of amides is 2. The number of ether oxygens (including phenoxy) is 1. The first-order chi connectivity index (χ1) is 15.3. The summed E-state index contributed by atoms with van der Waals surface area (Å²) in [6.45, 7) is 10.1. The molecule has 3 rings (SSSR count). The summed E-state index contributed by atoms with van der Waals surface area (Å²) in [4.78, 5) is 30.1. The molecule has 0 radical (unpaired) electrons. The molecular weight excluding hydrogens is 441 g/mol. The van der Waals surface area contributed by atoms with E-state index in [1.165, 1.54) is 4.52 Å².